The number of benzene rings is 2. The van der Waals surface area contributed by atoms with Crippen molar-refractivity contribution in [1.29, 1.82) is 0 Å². The summed E-state index contributed by atoms with van der Waals surface area (Å²) in [5.74, 6) is -0.450. The van der Waals surface area contributed by atoms with Gasteiger partial charge in [0.25, 0.3) is 5.91 Å². The number of hydrogen-bond acceptors (Lipinski definition) is 3. The van der Waals surface area contributed by atoms with E-state index in [0.29, 0.717) is 11.4 Å². The topological polar surface area (TPSA) is 64.3 Å². The average Bonchev–Trinajstić information content (AvgIpc) is 2.41. The van der Waals surface area contributed by atoms with Gasteiger partial charge in [0.15, 0.2) is 0 Å². The zero-order valence-corrected chi connectivity index (χ0v) is 13.7. The molecule has 2 aromatic carbocycles. The van der Waals surface area contributed by atoms with Crippen LogP contribution in [0.15, 0.2) is 30.3 Å². The van der Waals surface area contributed by atoms with Crippen LogP contribution in [0.3, 0.4) is 0 Å². The Kier molecular flexibility index (Phi) is 4.89. The minimum atomic E-state index is -0.582. The van der Waals surface area contributed by atoms with E-state index in [-0.39, 0.29) is 17.5 Å². The minimum Gasteiger partial charge on any atom is -0.490 e. The second-order valence-corrected chi connectivity index (χ2v) is 5.75. The van der Waals surface area contributed by atoms with Crippen molar-refractivity contribution < 1.29 is 13.9 Å². The van der Waals surface area contributed by atoms with Crippen molar-refractivity contribution in [3.8, 4) is 5.75 Å². The number of nitrogens with one attached hydrogen (secondary N) is 1. The Morgan fingerprint density at radius 1 is 1.22 bits per heavy atom. The van der Waals surface area contributed by atoms with E-state index >= 15 is 0 Å². The van der Waals surface area contributed by atoms with Gasteiger partial charge in [0, 0.05) is 5.69 Å². The molecule has 0 aliphatic heterocycles. The van der Waals surface area contributed by atoms with Crippen LogP contribution < -0.4 is 15.8 Å². The normalized spacial score (nSPS) is 10.7. The predicted octanol–water partition coefficient (Wildman–Crippen LogP) is 4.07. The average molecular weight is 316 g/mol. The van der Waals surface area contributed by atoms with Gasteiger partial charge >= 0.3 is 0 Å². The maximum Gasteiger partial charge on any atom is 0.254 e. The molecule has 3 N–H and O–H groups in total. The summed E-state index contributed by atoms with van der Waals surface area (Å²) < 4.78 is 19.1. The molecule has 0 aliphatic carbocycles. The highest BCUT2D eigenvalue weighted by molar-refractivity contribution is 6.02. The van der Waals surface area contributed by atoms with Gasteiger partial charge in [0.05, 0.1) is 11.8 Å². The Morgan fingerprint density at radius 3 is 2.35 bits per heavy atom. The largest absolute Gasteiger partial charge is 0.490 e. The van der Waals surface area contributed by atoms with Gasteiger partial charge in [-0.15, -0.1) is 0 Å². The Hall–Kier alpha value is -2.56. The first kappa shape index (κ1) is 16.8. The summed E-state index contributed by atoms with van der Waals surface area (Å²) in [5, 5.41) is 3.18. The Bertz CT molecular complexity index is 719. The van der Waals surface area contributed by atoms with Crippen LogP contribution >= 0.6 is 0 Å². The number of rotatable bonds is 5. The molecule has 0 radical (unpaired) electrons. The van der Waals surface area contributed by atoms with Crippen molar-refractivity contribution in [2.45, 2.75) is 33.8 Å². The number of aryl methyl sites for hydroxylation is 2. The number of primary amides is 1. The minimum absolute atomic E-state index is 0.0855. The molecule has 2 rings (SSSR count). The van der Waals surface area contributed by atoms with Gasteiger partial charge in [-0.3, -0.25) is 4.79 Å². The maximum atomic E-state index is 13.4. The zero-order valence-electron chi connectivity index (χ0n) is 13.7. The number of amides is 1. The highest BCUT2D eigenvalue weighted by atomic mass is 19.1. The van der Waals surface area contributed by atoms with Gasteiger partial charge in [0.1, 0.15) is 17.1 Å². The standard InChI is InChI=1S/C18H21FN2O2/c1-10(2)23-15-7-5-6-14(16(15)18(20)22)21-17-11(3)8-13(19)9-12(17)4/h5-10,21H,1-4H3,(H2,20,22). The number of anilines is 2. The Balaban J connectivity index is 2.50. The lowest BCUT2D eigenvalue weighted by Crippen LogP contribution is -2.17. The summed E-state index contributed by atoms with van der Waals surface area (Å²) in [6.45, 7) is 7.35. The van der Waals surface area contributed by atoms with Crippen LogP contribution in [0, 0.1) is 19.7 Å². The van der Waals surface area contributed by atoms with Gasteiger partial charge in [0.2, 0.25) is 0 Å². The molecule has 0 bridgehead atoms. The lowest BCUT2D eigenvalue weighted by atomic mass is 10.1. The molecule has 23 heavy (non-hydrogen) atoms. The molecular formula is C18H21FN2O2. The van der Waals surface area contributed by atoms with Crippen LogP contribution in [0.25, 0.3) is 0 Å². The summed E-state index contributed by atoms with van der Waals surface area (Å²) in [5.41, 5.74) is 8.58. The number of carbonyl (C=O) groups is 1. The van der Waals surface area contributed by atoms with E-state index in [9.17, 15) is 9.18 Å². The third kappa shape index (κ3) is 3.80. The van der Waals surface area contributed by atoms with Gasteiger partial charge in [-0.1, -0.05) is 6.07 Å². The fraction of sp³-hybridized carbons (Fsp3) is 0.278. The summed E-state index contributed by atoms with van der Waals surface area (Å²) in [7, 11) is 0. The van der Waals surface area contributed by atoms with Crippen molar-refractivity contribution >= 4 is 17.3 Å². The van der Waals surface area contributed by atoms with Crippen LogP contribution in [0.1, 0.15) is 35.3 Å². The lowest BCUT2D eigenvalue weighted by Gasteiger charge is -2.18. The molecule has 0 saturated heterocycles. The van der Waals surface area contributed by atoms with E-state index in [1.807, 2.05) is 13.8 Å². The van der Waals surface area contributed by atoms with Crippen molar-refractivity contribution in [1.82, 2.24) is 0 Å². The highest BCUT2D eigenvalue weighted by Gasteiger charge is 2.17. The maximum absolute atomic E-state index is 13.4. The third-order valence-corrected chi connectivity index (χ3v) is 3.39. The molecule has 0 spiro atoms. The second kappa shape index (κ2) is 6.69. The van der Waals surface area contributed by atoms with Crippen LogP contribution in [0.4, 0.5) is 15.8 Å². The molecule has 5 heteroatoms. The molecule has 1 amide bonds. The predicted molar refractivity (Wildman–Crippen MR) is 89.9 cm³/mol. The summed E-state index contributed by atoms with van der Waals surface area (Å²) in [4.78, 5) is 11.9. The van der Waals surface area contributed by atoms with Gasteiger partial charge in [-0.2, -0.15) is 0 Å². The van der Waals surface area contributed by atoms with Gasteiger partial charge in [-0.05, 0) is 63.1 Å². The molecule has 0 aliphatic rings. The van der Waals surface area contributed by atoms with Crippen molar-refractivity contribution in [2.24, 2.45) is 5.73 Å². The van der Waals surface area contributed by atoms with Crippen LogP contribution in [0.2, 0.25) is 0 Å². The van der Waals surface area contributed by atoms with Crippen molar-refractivity contribution in [3.63, 3.8) is 0 Å². The molecule has 0 saturated carbocycles. The van der Waals surface area contributed by atoms with E-state index in [0.717, 1.165) is 16.8 Å². The smallest absolute Gasteiger partial charge is 0.254 e. The molecule has 4 nitrogen and oxygen atoms in total. The first-order valence-electron chi connectivity index (χ1n) is 7.43. The molecule has 0 aromatic heterocycles. The Labute approximate surface area is 135 Å². The van der Waals surface area contributed by atoms with Crippen molar-refractivity contribution in [2.75, 3.05) is 5.32 Å². The number of nitrogens with two attached hydrogens (primary N) is 1. The molecule has 122 valence electrons. The van der Waals surface area contributed by atoms with E-state index in [4.69, 9.17) is 10.5 Å². The van der Waals surface area contributed by atoms with Crippen LogP contribution in [0.5, 0.6) is 5.75 Å². The van der Waals surface area contributed by atoms with E-state index in [1.165, 1.54) is 12.1 Å². The highest BCUT2D eigenvalue weighted by Crippen LogP contribution is 2.32. The van der Waals surface area contributed by atoms with Gasteiger partial charge < -0.3 is 15.8 Å². The summed E-state index contributed by atoms with van der Waals surface area (Å²) in [6, 6.07) is 8.10. The molecule has 0 fully saturated rings. The second-order valence-electron chi connectivity index (χ2n) is 5.75. The summed E-state index contributed by atoms with van der Waals surface area (Å²) in [6.07, 6.45) is -0.0855. The molecule has 0 heterocycles. The van der Waals surface area contributed by atoms with Crippen LogP contribution in [-0.2, 0) is 0 Å². The number of halogens is 1. The number of hydrogen-bond donors (Lipinski definition) is 2. The fourth-order valence-corrected chi connectivity index (χ4v) is 2.48. The molecular weight excluding hydrogens is 295 g/mol. The molecule has 0 atom stereocenters. The quantitative estimate of drug-likeness (QED) is 0.874. The summed E-state index contributed by atoms with van der Waals surface area (Å²) >= 11 is 0. The molecule has 2 aromatic rings. The number of ether oxygens (including phenoxy) is 1. The molecule has 0 unspecified atom stereocenters. The third-order valence-electron chi connectivity index (χ3n) is 3.39. The van der Waals surface area contributed by atoms with Crippen molar-refractivity contribution in [3.05, 3.63) is 52.8 Å². The Morgan fingerprint density at radius 2 is 1.83 bits per heavy atom. The van der Waals surface area contributed by atoms with E-state index in [1.54, 1.807) is 32.0 Å². The van der Waals surface area contributed by atoms with Gasteiger partial charge in [-0.25, -0.2) is 4.39 Å². The van der Waals surface area contributed by atoms with Crippen LogP contribution in [-0.4, -0.2) is 12.0 Å². The first-order chi connectivity index (χ1) is 10.8. The zero-order chi connectivity index (χ0) is 17.1. The SMILES string of the molecule is Cc1cc(F)cc(C)c1Nc1cccc(OC(C)C)c1C(N)=O. The fourth-order valence-electron chi connectivity index (χ4n) is 2.48. The monoisotopic (exact) mass is 316 g/mol. The lowest BCUT2D eigenvalue weighted by molar-refractivity contribution is 0.0995. The first-order valence-corrected chi connectivity index (χ1v) is 7.43. The van der Waals surface area contributed by atoms with E-state index in [2.05, 4.69) is 5.32 Å². The van der Waals surface area contributed by atoms with E-state index < -0.39 is 5.91 Å². The number of carbonyl (C=O) groups excluding carboxylic acids is 1.